The molecule has 3 heteroatoms. The maximum Gasteiger partial charge on any atom is 0.161 e. The number of para-hydroxylation sites is 1. The summed E-state index contributed by atoms with van der Waals surface area (Å²) in [4.78, 5) is 15.6. The molecule has 0 aliphatic rings. The van der Waals surface area contributed by atoms with Crippen LogP contribution in [-0.2, 0) is 0 Å². The lowest BCUT2D eigenvalue weighted by atomic mass is 10.1. The molecule has 0 aliphatic heterocycles. The average molecular weight is 213 g/mol. The Morgan fingerprint density at radius 1 is 1.31 bits per heavy atom. The predicted octanol–water partition coefficient (Wildman–Crippen LogP) is 3.23. The summed E-state index contributed by atoms with van der Waals surface area (Å²) in [6.07, 6.45) is 4.85. The fraction of sp³-hybridized carbons (Fsp3) is 0.0769. The Bertz CT molecular complexity index is 512. The van der Waals surface area contributed by atoms with E-state index in [1.54, 1.807) is 30.9 Å². The molecule has 2 aromatic rings. The molecule has 0 saturated heterocycles. The summed E-state index contributed by atoms with van der Waals surface area (Å²) in [5.41, 5.74) is 2.18. The van der Waals surface area contributed by atoms with Crippen LogP contribution >= 0.6 is 0 Å². The smallest absolute Gasteiger partial charge is 0.161 e. The van der Waals surface area contributed by atoms with Crippen molar-refractivity contribution < 1.29 is 9.21 Å². The lowest BCUT2D eigenvalue weighted by Gasteiger charge is -1.99. The van der Waals surface area contributed by atoms with Crippen LogP contribution in [0.4, 0.5) is 5.69 Å². The highest BCUT2D eigenvalue weighted by molar-refractivity contribution is 5.99. The molecule has 0 saturated carbocycles. The second kappa shape index (κ2) is 4.57. The number of rotatable bonds is 3. The van der Waals surface area contributed by atoms with Crippen LogP contribution in [0.3, 0.4) is 0 Å². The number of benzene rings is 1. The summed E-state index contributed by atoms with van der Waals surface area (Å²) in [7, 11) is 0. The minimum atomic E-state index is 0.0138. The largest absolute Gasteiger partial charge is 0.472 e. The number of carbonyl (C=O) groups is 1. The molecule has 1 heterocycles. The van der Waals surface area contributed by atoms with Gasteiger partial charge < -0.3 is 4.42 Å². The van der Waals surface area contributed by atoms with Gasteiger partial charge in [0.15, 0.2) is 5.78 Å². The van der Waals surface area contributed by atoms with Gasteiger partial charge in [0.2, 0.25) is 0 Å². The van der Waals surface area contributed by atoms with Crippen molar-refractivity contribution in [1.82, 2.24) is 0 Å². The first-order valence-corrected chi connectivity index (χ1v) is 4.93. The van der Waals surface area contributed by atoms with E-state index in [-0.39, 0.29) is 5.78 Å². The van der Waals surface area contributed by atoms with Crippen LogP contribution in [0.15, 0.2) is 52.3 Å². The van der Waals surface area contributed by atoms with Crippen molar-refractivity contribution in [2.24, 2.45) is 4.99 Å². The highest BCUT2D eigenvalue weighted by Gasteiger charge is 2.03. The van der Waals surface area contributed by atoms with Gasteiger partial charge in [-0.1, -0.05) is 12.1 Å². The number of ketones is 1. The van der Waals surface area contributed by atoms with E-state index in [0.29, 0.717) is 11.3 Å². The second-order valence-electron chi connectivity index (χ2n) is 3.39. The Morgan fingerprint density at radius 3 is 2.81 bits per heavy atom. The van der Waals surface area contributed by atoms with Gasteiger partial charge in [0.05, 0.1) is 18.2 Å². The van der Waals surface area contributed by atoms with Crippen LogP contribution in [0.25, 0.3) is 0 Å². The van der Waals surface area contributed by atoms with Crippen molar-refractivity contribution >= 4 is 17.7 Å². The molecule has 0 amide bonds. The van der Waals surface area contributed by atoms with E-state index >= 15 is 0 Å². The first kappa shape index (κ1) is 10.4. The van der Waals surface area contributed by atoms with Gasteiger partial charge in [0.1, 0.15) is 0 Å². The van der Waals surface area contributed by atoms with Crippen LogP contribution < -0.4 is 0 Å². The Balaban J connectivity index is 2.31. The van der Waals surface area contributed by atoms with E-state index in [1.165, 1.54) is 6.92 Å². The fourth-order valence-corrected chi connectivity index (χ4v) is 1.38. The van der Waals surface area contributed by atoms with E-state index in [0.717, 1.165) is 5.56 Å². The SMILES string of the molecule is CC(=O)c1ccccc1/N=C/c1ccoc1. The van der Waals surface area contributed by atoms with Gasteiger partial charge in [0.25, 0.3) is 0 Å². The zero-order valence-electron chi connectivity index (χ0n) is 8.88. The Hall–Kier alpha value is -2.16. The van der Waals surface area contributed by atoms with Gasteiger partial charge in [-0.15, -0.1) is 0 Å². The molecule has 16 heavy (non-hydrogen) atoms. The molecule has 0 spiro atoms. The monoisotopic (exact) mass is 213 g/mol. The number of aliphatic imine (C=N–C) groups is 1. The zero-order valence-corrected chi connectivity index (χ0v) is 8.88. The van der Waals surface area contributed by atoms with Crippen LogP contribution in [0.2, 0.25) is 0 Å². The van der Waals surface area contributed by atoms with Gasteiger partial charge in [-0.2, -0.15) is 0 Å². The lowest BCUT2D eigenvalue weighted by Crippen LogP contribution is -1.91. The summed E-state index contributed by atoms with van der Waals surface area (Å²) in [6.45, 7) is 1.53. The third-order valence-electron chi connectivity index (χ3n) is 2.18. The first-order chi connectivity index (χ1) is 7.77. The number of carbonyl (C=O) groups excluding carboxylic acids is 1. The maximum atomic E-state index is 11.3. The van der Waals surface area contributed by atoms with Crippen molar-refractivity contribution in [2.75, 3.05) is 0 Å². The van der Waals surface area contributed by atoms with Gasteiger partial charge >= 0.3 is 0 Å². The molecule has 80 valence electrons. The quantitative estimate of drug-likeness (QED) is 0.580. The topological polar surface area (TPSA) is 42.6 Å². The highest BCUT2D eigenvalue weighted by atomic mass is 16.3. The minimum Gasteiger partial charge on any atom is -0.472 e. The first-order valence-electron chi connectivity index (χ1n) is 4.93. The summed E-state index contributed by atoms with van der Waals surface area (Å²) in [6, 6.07) is 9.07. The number of hydrogen-bond acceptors (Lipinski definition) is 3. The molecule has 0 radical (unpaired) electrons. The summed E-state index contributed by atoms with van der Waals surface area (Å²) >= 11 is 0. The molecule has 0 atom stereocenters. The molecular formula is C13H11NO2. The van der Waals surface area contributed by atoms with Crippen molar-refractivity contribution in [2.45, 2.75) is 6.92 Å². The van der Waals surface area contributed by atoms with Crippen LogP contribution in [0.1, 0.15) is 22.8 Å². The lowest BCUT2D eigenvalue weighted by molar-refractivity contribution is 0.101. The molecule has 1 aromatic heterocycles. The minimum absolute atomic E-state index is 0.0138. The van der Waals surface area contributed by atoms with Gasteiger partial charge in [-0.3, -0.25) is 9.79 Å². The van der Waals surface area contributed by atoms with Crippen LogP contribution in [0.5, 0.6) is 0 Å². The maximum absolute atomic E-state index is 11.3. The molecule has 0 N–H and O–H groups in total. The van der Waals surface area contributed by atoms with Gasteiger partial charge in [-0.25, -0.2) is 0 Å². The third-order valence-corrected chi connectivity index (χ3v) is 2.18. The molecule has 0 bridgehead atoms. The van der Waals surface area contributed by atoms with E-state index in [2.05, 4.69) is 4.99 Å². The Kier molecular flexibility index (Phi) is 2.96. The van der Waals surface area contributed by atoms with Crippen LogP contribution in [0, 0.1) is 0 Å². The molecule has 0 fully saturated rings. The Labute approximate surface area is 93.4 Å². The third kappa shape index (κ3) is 2.25. The zero-order chi connectivity index (χ0) is 11.4. The van der Waals surface area contributed by atoms with Crippen molar-refractivity contribution in [1.29, 1.82) is 0 Å². The van der Waals surface area contributed by atoms with Gasteiger partial charge in [0, 0.05) is 17.3 Å². The van der Waals surface area contributed by atoms with E-state index in [1.807, 2.05) is 18.2 Å². The van der Waals surface area contributed by atoms with E-state index in [4.69, 9.17) is 4.42 Å². The predicted molar refractivity (Wildman–Crippen MR) is 62.4 cm³/mol. The summed E-state index contributed by atoms with van der Waals surface area (Å²) in [5.74, 6) is 0.0138. The van der Waals surface area contributed by atoms with E-state index in [9.17, 15) is 4.79 Å². The molecule has 0 unspecified atom stereocenters. The molecular weight excluding hydrogens is 202 g/mol. The molecule has 1 aromatic carbocycles. The number of furan rings is 1. The number of nitrogens with zero attached hydrogens (tertiary/aromatic N) is 1. The van der Waals surface area contributed by atoms with E-state index < -0.39 is 0 Å². The number of hydrogen-bond donors (Lipinski definition) is 0. The Morgan fingerprint density at radius 2 is 2.12 bits per heavy atom. The van der Waals surface area contributed by atoms with Gasteiger partial charge in [-0.05, 0) is 25.1 Å². The summed E-state index contributed by atoms with van der Waals surface area (Å²) in [5, 5.41) is 0. The average Bonchev–Trinajstić information content (AvgIpc) is 2.79. The fourth-order valence-electron chi connectivity index (χ4n) is 1.38. The summed E-state index contributed by atoms with van der Waals surface area (Å²) < 4.78 is 4.92. The van der Waals surface area contributed by atoms with Crippen molar-refractivity contribution in [3.8, 4) is 0 Å². The van der Waals surface area contributed by atoms with Crippen molar-refractivity contribution in [3.63, 3.8) is 0 Å². The molecule has 0 aliphatic carbocycles. The highest BCUT2D eigenvalue weighted by Crippen LogP contribution is 2.18. The van der Waals surface area contributed by atoms with Crippen LogP contribution in [-0.4, -0.2) is 12.0 Å². The normalized spacial score (nSPS) is 10.8. The standard InChI is InChI=1S/C13H11NO2/c1-10(15)12-4-2-3-5-13(12)14-8-11-6-7-16-9-11/h2-9H,1H3/b14-8+. The molecule has 3 nitrogen and oxygen atoms in total. The van der Waals surface area contributed by atoms with Crippen molar-refractivity contribution in [3.05, 3.63) is 54.0 Å². The molecule has 2 rings (SSSR count). The number of Topliss-reactive ketones (excluding diaryl/α,β-unsaturated/α-hetero) is 1. The second-order valence-corrected chi connectivity index (χ2v) is 3.39.